The molecule has 1 aromatic carbocycles. The standard InChI is InChI=1S/C24H24N4O3S2/c1-16(21(30)28-24(14-25)10-6-3-7-11-24)31-19(29)13-33-23-20-18(17-8-4-2-5-9-17)12-32-22(20)26-15-27-23/h2,4-5,8-9,12,15-16H,3,6-7,10-11,13H2,1H3,(H,28,30)/t16-/m0/s1. The number of carbonyl (C=O) groups excluding carboxylic acids is 2. The number of carbonyl (C=O) groups is 2. The maximum Gasteiger partial charge on any atom is 0.317 e. The second kappa shape index (κ2) is 10.3. The number of aromatic nitrogens is 2. The first-order chi connectivity index (χ1) is 16.0. The molecule has 0 spiro atoms. The van der Waals surface area contributed by atoms with Gasteiger partial charge in [-0.1, -0.05) is 61.4 Å². The number of esters is 1. The summed E-state index contributed by atoms with van der Waals surface area (Å²) < 4.78 is 5.35. The molecule has 33 heavy (non-hydrogen) atoms. The van der Waals surface area contributed by atoms with Crippen molar-refractivity contribution in [3.63, 3.8) is 0 Å². The molecule has 0 saturated heterocycles. The van der Waals surface area contributed by atoms with Crippen LogP contribution < -0.4 is 5.32 Å². The number of fused-ring (bicyclic) bond motifs is 1. The molecular formula is C24H24N4O3S2. The van der Waals surface area contributed by atoms with Gasteiger partial charge in [-0.05, 0) is 25.3 Å². The molecule has 3 aromatic rings. The minimum absolute atomic E-state index is 0.0111. The maximum atomic E-state index is 12.6. The lowest BCUT2D eigenvalue weighted by molar-refractivity contribution is -0.152. The van der Waals surface area contributed by atoms with Gasteiger partial charge in [0.2, 0.25) is 0 Å². The van der Waals surface area contributed by atoms with E-state index in [2.05, 4.69) is 21.4 Å². The Morgan fingerprint density at radius 2 is 2.00 bits per heavy atom. The van der Waals surface area contributed by atoms with Gasteiger partial charge in [-0.3, -0.25) is 9.59 Å². The lowest BCUT2D eigenvalue weighted by Crippen LogP contribution is -2.52. The summed E-state index contributed by atoms with van der Waals surface area (Å²) in [5, 5.41) is 16.0. The molecule has 7 nitrogen and oxygen atoms in total. The molecule has 1 amide bonds. The lowest BCUT2D eigenvalue weighted by Gasteiger charge is -2.32. The maximum absolute atomic E-state index is 12.6. The number of hydrogen-bond acceptors (Lipinski definition) is 8. The molecule has 1 saturated carbocycles. The Kier molecular flexibility index (Phi) is 7.26. The topological polar surface area (TPSA) is 105 Å². The third-order valence-electron chi connectivity index (χ3n) is 5.71. The third-order valence-corrected chi connectivity index (χ3v) is 7.56. The molecule has 1 N–H and O–H groups in total. The number of benzene rings is 1. The zero-order valence-electron chi connectivity index (χ0n) is 18.2. The van der Waals surface area contributed by atoms with Gasteiger partial charge >= 0.3 is 5.97 Å². The van der Waals surface area contributed by atoms with Gasteiger partial charge in [0.1, 0.15) is 21.7 Å². The predicted molar refractivity (Wildman–Crippen MR) is 129 cm³/mol. The minimum Gasteiger partial charge on any atom is -0.452 e. The van der Waals surface area contributed by atoms with Crippen LogP contribution in [0.3, 0.4) is 0 Å². The van der Waals surface area contributed by atoms with Crippen LogP contribution in [0.25, 0.3) is 21.3 Å². The van der Waals surface area contributed by atoms with Gasteiger partial charge in [-0.2, -0.15) is 5.26 Å². The summed E-state index contributed by atoms with van der Waals surface area (Å²) in [5.74, 6) is -0.942. The number of amides is 1. The van der Waals surface area contributed by atoms with Gasteiger partial charge in [0, 0.05) is 10.9 Å². The molecule has 0 aliphatic heterocycles. The van der Waals surface area contributed by atoms with Crippen molar-refractivity contribution < 1.29 is 14.3 Å². The Morgan fingerprint density at radius 1 is 1.24 bits per heavy atom. The highest BCUT2D eigenvalue weighted by Crippen LogP contribution is 2.37. The van der Waals surface area contributed by atoms with Crippen LogP contribution in [0, 0.1) is 11.3 Å². The fourth-order valence-corrected chi connectivity index (χ4v) is 5.73. The Bertz CT molecular complexity index is 1180. The number of thiophene rings is 1. The normalized spacial score (nSPS) is 16.0. The summed E-state index contributed by atoms with van der Waals surface area (Å²) in [6.07, 6.45) is 4.63. The van der Waals surface area contributed by atoms with Crippen LogP contribution in [0.4, 0.5) is 0 Å². The van der Waals surface area contributed by atoms with Gasteiger partial charge in [-0.25, -0.2) is 9.97 Å². The van der Waals surface area contributed by atoms with Crippen LogP contribution in [0.2, 0.25) is 0 Å². The molecule has 1 atom stereocenters. The first kappa shape index (κ1) is 23.2. The van der Waals surface area contributed by atoms with Gasteiger partial charge in [-0.15, -0.1) is 11.3 Å². The van der Waals surface area contributed by atoms with Crippen molar-refractivity contribution in [2.75, 3.05) is 5.75 Å². The van der Waals surface area contributed by atoms with Crippen molar-refractivity contribution in [3.8, 4) is 17.2 Å². The Hall–Kier alpha value is -2.96. The zero-order chi connectivity index (χ0) is 23.3. The van der Waals surface area contributed by atoms with E-state index >= 15 is 0 Å². The van der Waals surface area contributed by atoms with Crippen LogP contribution in [0.5, 0.6) is 0 Å². The third kappa shape index (κ3) is 5.34. The van der Waals surface area contributed by atoms with E-state index in [0.717, 1.165) is 40.6 Å². The van der Waals surface area contributed by atoms with Gasteiger partial charge in [0.15, 0.2) is 6.10 Å². The van der Waals surface area contributed by atoms with Crippen molar-refractivity contribution in [1.29, 1.82) is 5.26 Å². The Labute approximate surface area is 200 Å². The number of ether oxygens (including phenoxy) is 1. The predicted octanol–water partition coefficient (Wildman–Crippen LogP) is 4.72. The highest BCUT2D eigenvalue weighted by atomic mass is 32.2. The monoisotopic (exact) mass is 480 g/mol. The molecule has 4 rings (SSSR count). The second-order valence-corrected chi connectivity index (χ2v) is 9.86. The highest BCUT2D eigenvalue weighted by Gasteiger charge is 2.35. The fourth-order valence-electron chi connectivity index (χ4n) is 3.96. The average Bonchev–Trinajstić information content (AvgIpc) is 3.28. The Balaban J connectivity index is 1.39. The summed E-state index contributed by atoms with van der Waals surface area (Å²) in [6, 6.07) is 12.2. The van der Waals surface area contributed by atoms with Crippen LogP contribution in [0.1, 0.15) is 39.0 Å². The molecule has 2 heterocycles. The highest BCUT2D eigenvalue weighted by molar-refractivity contribution is 8.00. The first-order valence-electron chi connectivity index (χ1n) is 10.8. The van der Waals surface area contributed by atoms with Gasteiger partial charge in [0.05, 0.1) is 17.2 Å². The molecule has 1 aliphatic carbocycles. The van der Waals surface area contributed by atoms with Crippen LogP contribution in [-0.4, -0.2) is 39.2 Å². The Morgan fingerprint density at radius 3 is 2.73 bits per heavy atom. The number of nitrogens with one attached hydrogen (secondary N) is 1. The molecular weight excluding hydrogens is 456 g/mol. The smallest absolute Gasteiger partial charge is 0.317 e. The molecule has 0 unspecified atom stereocenters. The number of rotatable bonds is 7. The fraction of sp³-hybridized carbons (Fsp3) is 0.375. The summed E-state index contributed by atoms with van der Waals surface area (Å²) in [5.41, 5.74) is 1.22. The van der Waals surface area contributed by atoms with E-state index in [1.807, 2.05) is 35.7 Å². The van der Waals surface area contributed by atoms with E-state index in [0.29, 0.717) is 17.9 Å². The SMILES string of the molecule is C[C@H](OC(=O)CSc1ncnc2scc(-c3ccccc3)c12)C(=O)NC1(C#N)CCCCC1. The molecule has 1 fully saturated rings. The van der Waals surface area contributed by atoms with Gasteiger partial charge in [0.25, 0.3) is 5.91 Å². The van der Waals surface area contributed by atoms with E-state index in [9.17, 15) is 14.9 Å². The zero-order valence-corrected chi connectivity index (χ0v) is 19.9. The van der Waals surface area contributed by atoms with E-state index in [1.165, 1.54) is 36.3 Å². The summed E-state index contributed by atoms with van der Waals surface area (Å²) in [6.45, 7) is 1.53. The van der Waals surface area contributed by atoms with Crippen molar-refractivity contribution in [3.05, 3.63) is 42.0 Å². The number of thioether (sulfide) groups is 1. The van der Waals surface area contributed by atoms with Crippen molar-refractivity contribution >= 4 is 45.2 Å². The first-order valence-corrected chi connectivity index (χ1v) is 12.7. The molecule has 9 heteroatoms. The van der Waals surface area contributed by atoms with E-state index < -0.39 is 23.5 Å². The van der Waals surface area contributed by atoms with Crippen LogP contribution >= 0.6 is 23.1 Å². The largest absolute Gasteiger partial charge is 0.452 e. The minimum atomic E-state index is -0.975. The average molecular weight is 481 g/mol. The van der Waals surface area contributed by atoms with Crippen LogP contribution in [-0.2, 0) is 14.3 Å². The summed E-state index contributed by atoms with van der Waals surface area (Å²) in [4.78, 5) is 34.6. The summed E-state index contributed by atoms with van der Waals surface area (Å²) >= 11 is 2.79. The second-order valence-electron chi connectivity index (χ2n) is 8.04. The molecule has 2 aromatic heterocycles. The van der Waals surface area contributed by atoms with Crippen LogP contribution in [0.15, 0.2) is 47.1 Å². The molecule has 170 valence electrons. The van der Waals surface area contributed by atoms with Crippen molar-refractivity contribution in [2.45, 2.75) is 55.7 Å². The summed E-state index contributed by atoms with van der Waals surface area (Å²) in [7, 11) is 0. The van der Waals surface area contributed by atoms with E-state index in [-0.39, 0.29) is 5.75 Å². The quantitative estimate of drug-likeness (QED) is 0.296. The van der Waals surface area contributed by atoms with Gasteiger partial charge < -0.3 is 10.1 Å². The van der Waals surface area contributed by atoms with Crippen molar-refractivity contribution in [1.82, 2.24) is 15.3 Å². The number of nitriles is 1. The van der Waals surface area contributed by atoms with E-state index in [1.54, 1.807) is 0 Å². The van der Waals surface area contributed by atoms with Crippen molar-refractivity contribution in [2.24, 2.45) is 0 Å². The number of nitrogens with zero attached hydrogens (tertiary/aromatic N) is 3. The van der Waals surface area contributed by atoms with E-state index in [4.69, 9.17) is 4.74 Å². The molecule has 1 aliphatic rings. The molecule has 0 radical (unpaired) electrons. The lowest BCUT2D eigenvalue weighted by atomic mass is 9.83. The number of hydrogen-bond donors (Lipinski definition) is 1. The molecule has 0 bridgehead atoms.